The Kier molecular flexibility index (Phi) is 3.94. The molecule has 2 unspecified atom stereocenters. The molecule has 104 valence electrons. The topological polar surface area (TPSA) is 25.4 Å². The minimum Gasteiger partial charge on any atom is -0.374 e. The van der Waals surface area contributed by atoms with Crippen LogP contribution in [0.3, 0.4) is 0 Å². The Morgan fingerprint density at radius 1 is 1.42 bits per heavy atom. The van der Waals surface area contributed by atoms with Gasteiger partial charge in [0.15, 0.2) is 0 Å². The van der Waals surface area contributed by atoms with Crippen LogP contribution in [0, 0.1) is 6.92 Å². The lowest BCUT2D eigenvalue weighted by molar-refractivity contribution is -0.00873. The second-order valence-corrected chi connectivity index (χ2v) is 5.81. The summed E-state index contributed by atoms with van der Waals surface area (Å²) < 4.78 is 5.95. The number of aryl methyl sites for hydroxylation is 1. The monoisotopic (exact) mass is 280 g/mol. The third-order valence-electron chi connectivity index (χ3n) is 4.28. The number of nitrogens with zero attached hydrogens (tertiary/aromatic N) is 2. The van der Waals surface area contributed by atoms with Gasteiger partial charge in [-0.2, -0.15) is 0 Å². The molecule has 0 amide bonds. The summed E-state index contributed by atoms with van der Waals surface area (Å²) in [7, 11) is 0. The van der Waals surface area contributed by atoms with Crippen LogP contribution in [0.1, 0.15) is 36.9 Å². The molecule has 1 aromatic rings. The van der Waals surface area contributed by atoms with Crippen molar-refractivity contribution in [2.75, 3.05) is 18.1 Å². The number of rotatable bonds is 2. The molecule has 19 heavy (non-hydrogen) atoms. The molecule has 2 atom stereocenters. The van der Waals surface area contributed by atoms with E-state index in [0.717, 1.165) is 24.4 Å². The fourth-order valence-electron chi connectivity index (χ4n) is 3.34. The lowest BCUT2D eigenvalue weighted by Crippen LogP contribution is -2.53. The molecule has 1 saturated heterocycles. The third kappa shape index (κ3) is 2.59. The largest absolute Gasteiger partial charge is 0.374 e. The number of halogens is 1. The molecule has 2 aliphatic rings. The van der Waals surface area contributed by atoms with Crippen molar-refractivity contribution >= 4 is 17.3 Å². The number of fused-ring (bicyclic) bond motifs is 1. The van der Waals surface area contributed by atoms with Gasteiger partial charge in [-0.15, -0.1) is 11.6 Å². The van der Waals surface area contributed by atoms with E-state index in [0.29, 0.717) is 18.0 Å². The Bertz CT molecular complexity index is 450. The van der Waals surface area contributed by atoms with E-state index in [-0.39, 0.29) is 0 Å². The van der Waals surface area contributed by atoms with Crippen LogP contribution in [-0.2, 0) is 10.6 Å². The molecule has 0 bridgehead atoms. The van der Waals surface area contributed by atoms with Crippen LogP contribution in [-0.4, -0.2) is 30.3 Å². The summed E-state index contributed by atoms with van der Waals surface area (Å²) in [5.74, 6) is 0.525. The van der Waals surface area contributed by atoms with Crippen molar-refractivity contribution in [1.29, 1.82) is 0 Å². The fraction of sp³-hybridized carbons (Fsp3) is 0.667. The van der Waals surface area contributed by atoms with E-state index in [9.17, 15) is 0 Å². The lowest BCUT2D eigenvalue weighted by atomic mass is 9.89. The quantitative estimate of drug-likeness (QED) is 0.778. The van der Waals surface area contributed by atoms with Crippen LogP contribution in [0.5, 0.6) is 0 Å². The second kappa shape index (κ2) is 5.68. The average molecular weight is 281 g/mol. The molecule has 0 radical (unpaired) electrons. The van der Waals surface area contributed by atoms with Crippen molar-refractivity contribution in [2.45, 2.75) is 50.6 Å². The van der Waals surface area contributed by atoms with E-state index in [1.807, 2.05) is 13.1 Å². The second-order valence-electron chi connectivity index (χ2n) is 5.54. The molecule has 0 spiro atoms. The first kappa shape index (κ1) is 13.2. The molecule has 1 aromatic heterocycles. The van der Waals surface area contributed by atoms with Crippen LogP contribution in [0.25, 0.3) is 0 Å². The summed E-state index contributed by atoms with van der Waals surface area (Å²) in [6, 6.07) is 2.69. The van der Waals surface area contributed by atoms with Crippen molar-refractivity contribution in [3.8, 4) is 0 Å². The minimum atomic E-state index is 0.402. The molecular formula is C15H21ClN2O. The van der Waals surface area contributed by atoms with Crippen molar-refractivity contribution < 1.29 is 4.74 Å². The van der Waals surface area contributed by atoms with Gasteiger partial charge in [0.05, 0.1) is 24.6 Å². The SMILES string of the molecule is Cc1cc(N2CCOC3CCCCC32)c(CCl)cn1. The predicted molar refractivity (Wildman–Crippen MR) is 77.9 cm³/mol. The number of ether oxygens (including phenoxy) is 1. The highest BCUT2D eigenvalue weighted by atomic mass is 35.5. The molecular weight excluding hydrogens is 260 g/mol. The van der Waals surface area contributed by atoms with Crippen LogP contribution in [0.4, 0.5) is 5.69 Å². The maximum atomic E-state index is 6.08. The van der Waals surface area contributed by atoms with Gasteiger partial charge in [0.2, 0.25) is 0 Å². The van der Waals surface area contributed by atoms with Gasteiger partial charge in [0.25, 0.3) is 0 Å². The summed E-state index contributed by atoms with van der Waals surface area (Å²) in [6.07, 6.45) is 7.35. The molecule has 2 fully saturated rings. The van der Waals surface area contributed by atoms with Gasteiger partial charge < -0.3 is 9.64 Å². The van der Waals surface area contributed by atoms with E-state index >= 15 is 0 Å². The molecule has 0 N–H and O–H groups in total. The third-order valence-corrected chi connectivity index (χ3v) is 4.57. The molecule has 2 heterocycles. The van der Waals surface area contributed by atoms with Crippen LogP contribution in [0.2, 0.25) is 0 Å². The standard InChI is InChI=1S/C15H21ClN2O/c1-11-8-14(12(9-16)10-17-11)18-6-7-19-15-5-3-2-4-13(15)18/h8,10,13,15H,2-7,9H2,1H3. The Morgan fingerprint density at radius 3 is 3.11 bits per heavy atom. The van der Waals surface area contributed by atoms with Gasteiger partial charge in [0, 0.05) is 29.7 Å². The van der Waals surface area contributed by atoms with Gasteiger partial charge in [-0.1, -0.05) is 12.8 Å². The molecule has 1 aliphatic carbocycles. The Hall–Kier alpha value is -0.800. The maximum Gasteiger partial charge on any atom is 0.0779 e. The van der Waals surface area contributed by atoms with Gasteiger partial charge in [0.1, 0.15) is 0 Å². The highest BCUT2D eigenvalue weighted by molar-refractivity contribution is 6.17. The molecule has 4 heteroatoms. The first-order valence-corrected chi connectivity index (χ1v) is 7.73. The van der Waals surface area contributed by atoms with Gasteiger partial charge in [-0.3, -0.25) is 4.98 Å². The lowest BCUT2D eigenvalue weighted by Gasteiger charge is -2.45. The van der Waals surface area contributed by atoms with Crippen molar-refractivity contribution in [3.63, 3.8) is 0 Å². The number of hydrogen-bond acceptors (Lipinski definition) is 3. The molecule has 1 saturated carbocycles. The Labute approximate surface area is 119 Å². The molecule has 3 rings (SSSR count). The zero-order valence-electron chi connectivity index (χ0n) is 11.4. The van der Waals surface area contributed by atoms with Crippen molar-refractivity contribution in [3.05, 3.63) is 23.5 Å². The van der Waals surface area contributed by atoms with Crippen LogP contribution in [0.15, 0.2) is 12.3 Å². The normalized spacial score (nSPS) is 27.2. The number of pyridine rings is 1. The number of aromatic nitrogens is 1. The fourth-order valence-corrected chi connectivity index (χ4v) is 3.55. The summed E-state index contributed by atoms with van der Waals surface area (Å²) in [5, 5.41) is 0. The minimum absolute atomic E-state index is 0.402. The highest BCUT2D eigenvalue weighted by Crippen LogP contribution is 2.34. The Morgan fingerprint density at radius 2 is 2.26 bits per heavy atom. The zero-order chi connectivity index (χ0) is 13.2. The van der Waals surface area contributed by atoms with Crippen LogP contribution >= 0.6 is 11.6 Å². The summed E-state index contributed by atoms with van der Waals surface area (Å²) >= 11 is 6.08. The first-order valence-electron chi connectivity index (χ1n) is 7.19. The Balaban J connectivity index is 1.93. The number of morpholine rings is 1. The van der Waals surface area contributed by atoms with E-state index in [1.165, 1.54) is 31.4 Å². The maximum absolute atomic E-state index is 6.08. The molecule has 0 aromatic carbocycles. The number of alkyl halides is 1. The van der Waals surface area contributed by atoms with Gasteiger partial charge in [-0.25, -0.2) is 0 Å². The summed E-state index contributed by atoms with van der Waals surface area (Å²) in [6.45, 7) is 3.83. The zero-order valence-corrected chi connectivity index (χ0v) is 12.2. The van der Waals surface area contributed by atoms with E-state index < -0.39 is 0 Å². The number of anilines is 1. The first-order chi connectivity index (χ1) is 9.29. The molecule has 3 nitrogen and oxygen atoms in total. The summed E-state index contributed by atoms with van der Waals surface area (Å²) in [5.41, 5.74) is 3.46. The van der Waals surface area contributed by atoms with E-state index in [2.05, 4.69) is 16.0 Å². The van der Waals surface area contributed by atoms with E-state index in [4.69, 9.17) is 16.3 Å². The summed E-state index contributed by atoms with van der Waals surface area (Å²) in [4.78, 5) is 6.88. The van der Waals surface area contributed by atoms with Crippen molar-refractivity contribution in [2.24, 2.45) is 0 Å². The predicted octanol–water partition coefficient (Wildman–Crippen LogP) is 3.28. The van der Waals surface area contributed by atoms with Crippen molar-refractivity contribution in [1.82, 2.24) is 4.98 Å². The number of hydrogen-bond donors (Lipinski definition) is 0. The van der Waals surface area contributed by atoms with E-state index in [1.54, 1.807) is 0 Å². The molecule has 1 aliphatic heterocycles. The average Bonchev–Trinajstić information content (AvgIpc) is 2.46. The van der Waals surface area contributed by atoms with Gasteiger partial charge >= 0.3 is 0 Å². The van der Waals surface area contributed by atoms with Gasteiger partial charge in [-0.05, 0) is 25.8 Å². The smallest absolute Gasteiger partial charge is 0.0779 e. The highest BCUT2D eigenvalue weighted by Gasteiger charge is 2.35. The van der Waals surface area contributed by atoms with Crippen LogP contribution < -0.4 is 4.90 Å².